The van der Waals surface area contributed by atoms with Gasteiger partial charge in [0, 0.05) is 17.7 Å². The first-order valence-corrected chi connectivity index (χ1v) is 8.01. The van der Waals surface area contributed by atoms with E-state index >= 15 is 0 Å². The Balaban J connectivity index is 2.23. The molecule has 0 radical (unpaired) electrons. The van der Waals surface area contributed by atoms with Gasteiger partial charge in [0.05, 0.1) is 16.6 Å². The third-order valence-electron chi connectivity index (χ3n) is 4.34. The van der Waals surface area contributed by atoms with Crippen LogP contribution in [0.4, 0.5) is 5.69 Å². The maximum absolute atomic E-state index is 12.5. The van der Waals surface area contributed by atoms with E-state index in [-0.39, 0.29) is 17.8 Å². The van der Waals surface area contributed by atoms with Gasteiger partial charge < -0.3 is 10.4 Å². The standard InChI is InChI=1S/C19H22N2O4/c1-11-7-5-6-8-15(11)16(22)10-20-19(23)17-12(2)9-13(3)18(14(17)4)21(24)25/h5-9,16,22H,10H2,1-4H3,(H,20,23). The second-order valence-corrected chi connectivity index (χ2v) is 6.20. The third kappa shape index (κ3) is 3.85. The maximum Gasteiger partial charge on any atom is 0.275 e. The first-order chi connectivity index (χ1) is 11.7. The van der Waals surface area contributed by atoms with Crippen LogP contribution in [0.15, 0.2) is 30.3 Å². The molecule has 0 heterocycles. The summed E-state index contributed by atoms with van der Waals surface area (Å²) in [5.74, 6) is -0.425. The summed E-state index contributed by atoms with van der Waals surface area (Å²) in [6, 6.07) is 9.03. The van der Waals surface area contributed by atoms with Crippen molar-refractivity contribution in [1.29, 1.82) is 0 Å². The van der Waals surface area contributed by atoms with Crippen molar-refractivity contribution in [1.82, 2.24) is 5.32 Å². The molecule has 0 aliphatic carbocycles. The number of aliphatic hydroxyl groups is 1. The largest absolute Gasteiger partial charge is 0.387 e. The van der Waals surface area contributed by atoms with E-state index in [4.69, 9.17) is 0 Å². The van der Waals surface area contributed by atoms with Gasteiger partial charge in [0.25, 0.3) is 11.6 Å². The Morgan fingerprint density at radius 3 is 2.40 bits per heavy atom. The second-order valence-electron chi connectivity index (χ2n) is 6.20. The van der Waals surface area contributed by atoms with Gasteiger partial charge in [0.15, 0.2) is 0 Å². The van der Waals surface area contributed by atoms with Gasteiger partial charge in [-0.05, 0) is 50.5 Å². The number of carbonyl (C=O) groups is 1. The van der Waals surface area contributed by atoms with Gasteiger partial charge in [-0.25, -0.2) is 0 Å². The minimum Gasteiger partial charge on any atom is -0.387 e. The van der Waals surface area contributed by atoms with E-state index in [0.29, 0.717) is 16.7 Å². The van der Waals surface area contributed by atoms with E-state index in [1.165, 1.54) is 0 Å². The number of hydrogen-bond acceptors (Lipinski definition) is 4. The molecule has 2 aromatic carbocycles. The van der Waals surface area contributed by atoms with Crippen molar-refractivity contribution in [3.8, 4) is 0 Å². The Morgan fingerprint density at radius 1 is 1.16 bits per heavy atom. The van der Waals surface area contributed by atoms with Gasteiger partial charge in [-0.15, -0.1) is 0 Å². The maximum atomic E-state index is 12.5. The molecular formula is C19H22N2O4. The molecule has 6 heteroatoms. The Bertz CT molecular complexity index is 830. The molecular weight excluding hydrogens is 320 g/mol. The number of carbonyl (C=O) groups excluding carboxylic acids is 1. The van der Waals surface area contributed by atoms with E-state index in [1.54, 1.807) is 32.9 Å². The summed E-state index contributed by atoms with van der Waals surface area (Å²) in [7, 11) is 0. The van der Waals surface area contributed by atoms with Crippen molar-refractivity contribution < 1.29 is 14.8 Å². The van der Waals surface area contributed by atoms with Crippen LogP contribution in [0.3, 0.4) is 0 Å². The van der Waals surface area contributed by atoms with Crippen molar-refractivity contribution in [2.75, 3.05) is 6.54 Å². The van der Waals surface area contributed by atoms with Crippen LogP contribution >= 0.6 is 0 Å². The molecule has 2 aromatic rings. The van der Waals surface area contributed by atoms with Crippen LogP contribution in [-0.2, 0) is 0 Å². The normalized spacial score (nSPS) is 11.9. The molecule has 6 nitrogen and oxygen atoms in total. The van der Waals surface area contributed by atoms with Gasteiger partial charge in [-0.2, -0.15) is 0 Å². The molecule has 0 fully saturated rings. The lowest BCUT2D eigenvalue weighted by Gasteiger charge is -2.16. The molecule has 0 saturated heterocycles. The number of aliphatic hydroxyl groups excluding tert-OH is 1. The highest BCUT2D eigenvalue weighted by Crippen LogP contribution is 2.28. The van der Waals surface area contributed by atoms with E-state index in [9.17, 15) is 20.0 Å². The Hall–Kier alpha value is -2.73. The molecule has 0 bridgehead atoms. The van der Waals surface area contributed by atoms with Crippen molar-refractivity contribution in [2.24, 2.45) is 0 Å². The van der Waals surface area contributed by atoms with Crippen molar-refractivity contribution in [2.45, 2.75) is 33.8 Å². The lowest BCUT2D eigenvalue weighted by molar-refractivity contribution is -0.386. The summed E-state index contributed by atoms with van der Waals surface area (Å²) in [5, 5.41) is 24.2. The summed E-state index contributed by atoms with van der Waals surface area (Å²) < 4.78 is 0. The van der Waals surface area contributed by atoms with Crippen LogP contribution in [0.5, 0.6) is 0 Å². The number of rotatable bonds is 5. The van der Waals surface area contributed by atoms with Crippen LogP contribution < -0.4 is 5.32 Å². The van der Waals surface area contributed by atoms with Crippen molar-refractivity contribution in [3.63, 3.8) is 0 Å². The lowest BCUT2D eigenvalue weighted by atomic mass is 9.96. The Labute approximate surface area is 146 Å². The molecule has 0 spiro atoms. The number of nitro groups is 1. The number of nitro benzene ring substituents is 1. The second kappa shape index (κ2) is 7.44. The Morgan fingerprint density at radius 2 is 1.80 bits per heavy atom. The van der Waals surface area contributed by atoms with Crippen LogP contribution in [0.1, 0.15) is 44.3 Å². The number of hydrogen-bond donors (Lipinski definition) is 2. The average Bonchev–Trinajstić information content (AvgIpc) is 2.52. The quantitative estimate of drug-likeness (QED) is 0.644. The zero-order valence-electron chi connectivity index (χ0n) is 14.8. The zero-order valence-corrected chi connectivity index (χ0v) is 14.8. The third-order valence-corrected chi connectivity index (χ3v) is 4.34. The van der Waals surface area contributed by atoms with E-state index < -0.39 is 16.9 Å². The average molecular weight is 342 g/mol. The molecule has 0 saturated carbocycles. The van der Waals surface area contributed by atoms with Gasteiger partial charge in [-0.1, -0.05) is 24.3 Å². The van der Waals surface area contributed by atoms with Gasteiger partial charge in [-0.3, -0.25) is 14.9 Å². The number of nitrogens with one attached hydrogen (secondary N) is 1. The van der Waals surface area contributed by atoms with E-state index in [1.807, 2.05) is 25.1 Å². The zero-order chi connectivity index (χ0) is 18.7. The van der Waals surface area contributed by atoms with Crippen LogP contribution in [0.25, 0.3) is 0 Å². The monoisotopic (exact) mass is 342 g/mol. The molecule has 132 valence electrons. The summed E-state index contributed by atoms with van der Waals surface area (Å²) in [6.07, 6.45) is -0.841. The molecule has 0 aliphatic heterocycles. The summed E-state index contributed by atoms with van der Waals surface area (Å²) in [6.45, 7) is 6.89. The summed E-state index contributed by atoms with van der Waals surface area (Å²) in [4.78, 5) is 23.3. The number of aryl methyl sites for hydroxylation is 3. The highest BCUT2D eigenvalue weighted by atomic mass is 16.6. The molecule has 0 aromatic heterocycles. The topological polar surface area (TPSA) is 92.5 Å². The predicted molar refractivity (Wildman–Crippen MR) is 95.8 cm³/mol. The molecule has 0 aliphatic rings. The predicted octanol–water partition coefficient (Wildman–Crippen LogP) is 3.29. The minimum atomic E-state index is -0.841. The highest BCUT2D eigenvalue weighted by molar-refractivity contribution is 5.98. The minimum absolute atomic E-state index is 0.0320. The van der Waals surface area contributed by atoms with Crippen molar-refractivity contribution >= 4 is 11.6 Å². The fourth-order valence-electron chi connectivity index (χ4n) is 3.15. The number of amides is 1. The molecule has 1 unspecified atom stereocenters. The Kier molecular flexibility index (Phi) is 5.54. The first-order valence-electron chi connectivity index (χ1n) is 8.01. The highest BCUT2D eigenvalue weighted by Gasteiger charge is 2.24. The SMILES string of the molecule is Cc1ccccc1C(O)CNC(=O)c1c(C)cc(C)c([N+](=O)[O-])c1C. The van der Waals surface area contributed by atoms with Gasteiger partial charge in [0.2, 0.25) is 0 Å². The van der Waals surface area contributed by atoms with Gasteiger partial charge in [0.1, 0.15) is 0 Å². The summed E-state index contributed by atoms with van der Waals surface area (Å²) >= 11 is 0. The fourth-order valence-corrected chi connectivity index (χ4v) is 3.15. The van der Waals surface area contributed by atoms with Crippen LogP contribution in [0, 0.1) is 37.8 Å². The van der Waals surface area contributed by atoms with E-state index in [0.717, 1.165) is 11.1 Å². The molecule has 1 amide bonds. The number of benzene rings is 2. The van der Waals surface area contributed by atoms with Crippen molar-refractivity contribution in [3.05, 3.63) is 73.8 Å². The fraction of sp³-hybridized carbons (Fsp3) is 0.316. The molecule has 1 atom stereocenters. The van der Waals surface area contributed by atoms with Crippen LogP contribution in [-0.4, -0.2) is 22.5 Å². The molecule has 25 heavy (non-hydrogen) atoms. The number of nitrogens with zero attached hydrogens (tertiary/aromatic N) is 1. The summed E-state index contributed by atoms with van der Waals surface area (Å²) in [5.41, 5.74) is 3.45. The molecule has 2 rings (SSSR count). The first kappa shape index (κ1) is 18.6. The smallest absolute Gasteiger partial charge is 0.275 e. The van der Waals surface area contributed by atoms with Gasteiger partial charge >= 0.3 is 0 Å². The van der Waals surface area contributed by atoms with E-state index in [2.05, 4.69) is 5.32 Å². The lowest BCUT2D eigenvalue weighted by Crippen LogP contribution is -2.30. The molecule has 2 N–H and O–H groups in total. The van der Waals surface area contributed by atoms with Crippen LogP contribution in [0.2, 0.25) is 0 Å².